The van der Waals surface area contributed by atoms with Crippen molar-refractivity contribution in [3.05, 3.63) is 34.3 Å². The average Bonchev–Trinajstić information content (AvgIpc) is 2.50. The first-order chi connectivity index (χ1) is 9.91. The Hall–Kier alpha value is -1.56. The summed E-state index contributed by atoms with van der Waals surface area (Å²) in [7, 11) is 1.73. The summed E-state index contributed by atoms with van der Waals surface area (Å²) in [6.07, 6.45) is 0.978. The predicted octanol–water partition coefficient (Wildman–Crippen LogP) is 2.96. The fourth-order valence-electron chi connectivity index (χ4n) is 2.42. The Morgan fingerprint density at radius 3 is 2.29 bits per heavy atom. The van der Waals surface area contributed by atoms with Crippen molar-refractivity contribution < 1.29 is 10.0 Å². The number of oxime groups is 1. The first-order valence-corrected chi connectivity index (χ1v) is 7.68. The third kappa shape index (κ3) is 3.75. The van der Waals surface area contributed by atoms with Crippen LogP contribution in [0, 0.1) is 5.41 Å². The van der Waals surface area contributed by atoms with Gasteiger partial charge in [-0.25, -0.2) is 0 Å². The number of rotatable bonds is 6. The molecule has 0 heterocycles. The third-order valence-electron chi connectivity index (χ3n) is 3.89. The lowest BCUT2D eigenvalue weighted by Gasteiger charge is -2.33. The molecule has 21 heavy (non-hydrogen) atoms. The van der Waals surface area contributed by atoms with Crippen LogP contribution in [0.1, 0.15) is 32.3 Å². The summed E-state index contributed by atoms with van der Waals surface area (Å²) in [5.41, 5.74) is 5.85. The summed E-state index contributed by atoms with van der Waals surface area (Å²) < 4.78 is 0.994. The molecule has 0 saturated carbocycles. The van der Waals surface area contributed by atoms with Crippen LogP contribution in [-0.4, -0.2) is 28.9 Å². The number of carbonyl (C=O) groups is 1. The van der Waals surface area contributed by atoms with Gasteiger partial charge in [-0.1, -0.05) is 47.1 Å². The highest BCUT2D eigenvalue weighted by Gasteiger charge is 2.41. The topological polar surface area (TPSA) is 78.9 Å². The highest BCUT2D eigenvalue weighted by Crippen LogP contribution is 2.29. The van der Waals surface area contributed by atoms with Crippen LogP contribution < -0.4 is 5.73 Å². The summed E-state index contributed by atoms with van der Waals surface area (Å²) in [5, 5.41) is 12.0. The minimum Gasteiger partial charge on any atom is -0.409 e. The van der Waals surface area contributed by atoms with Gasteiger partial charge < -0.3 is 15.8 Å². The first-order valence-electron chi connectivity index (χ1n) is 6.89. The van der Waals surface area contributed by atoms with E-state index in [2.05, 4.69) is 21.1 Å². The number of amides is 1. The molecule has 1 rings (SSSR count). The average molecular weight is 356 g/mol. The third-order valence-corrected chi connectivity index (χ3v) is 4.42. The van der Waals surface area contributed by atoms with E-state index in [9.17, 15) is 4.79 Å². The largest absolute Gasteiger partial charge is 0.409 e. The van der Waals surface area contributed by atoms with Crippen molar-refractivity contribution in [2.75, 3.05) is 7.05 Å². The van der Waals surface area contributed by atoms with Crippen LogP contribution in [0.4, 0.5) is 0 Å². The van der Waals surface area contributed by atoms with Crippen molar-refractivity contribution in [3.63, 3.8) is 0 Å². The van der Waals surface area contributed by atoms with Gasteiger partial charge >= 0.3 is 0 Å². The fourth-order valence-corrected chi connectivity index (χ4v) is 2.69. The van der Waals surface area contributed by atoms with Gasteiger partial charge in [0, 0.05) is 18.1 Å². The van der Waals surface area contributed by atoms with Crippen molar-refractivity contribution in [3.8, 4) is 0 Å². The lowest BCUT2D eigenvalue weighted by atomic mass is 9.79. The van der Waals surface area contributed by atoms with E-state index in [1.54, 1.807) is 11.9 Å². The van der Waals surface area contributed by atoms with Crippen LogP contribution in [-0.2, 0) is 11.3 Å². The molecule has 116 valence electrons. The molecule has 0 atom stereocenters. The molecule has 1 aromatic carbocycles. The van der Waals surface area contributed by atoms with Crippen molar-refractivity contribution in [2.24, 2.45) is 16.3 Å². The molecule has 0 aliphatic carbocycles. The monoisotopic (exact) mass is 355 g/mol. The maximum Gasteiger partial charge on any atom is 0.236 e. The molecule has 6 heteroatoms. The van der Waals surface area contributed by atoms with E-state index < -0.39 is 5.41 Å². The molecule has 0 aliphatic rings. The Morgan fingerprint density at radius 2 is 1.86 bits per heavy atom. The second-order valence-electron chi connectivity index (χ2n) is 5.06. The van der Waals surface area contributed by atoms with Gasteiger partial charge in [-0.3, -0.25) is 4.79 Å². The van der Waals surface area contributed by atoms with Crippen LogP contribution in [0.5, 0.6) is 0 Å². The van der Waals surface area contributed by atoms with Gasteiger partial charge in [0.15, 0.2) is 5.84 Å². The van der Waals surface area contributed by atoms with Crippen LogP contribution >= 0.6 is 15.9 Å². The normalized spacial score (nSPS) is 12.3. The summed E-state index contributed by atoms with van der Waals surface area (Å²) in [6.45, 7) is 4.21. The van der Waals surface area contributed by atoms with Crippen molar-refractivity contribution in [1.82, 2.24) is 4.90 Å². The van der Waals surface area contributed by atoms with Crippen molar-refractivity contribution in [1.29, 1.82) is 0 Å². The Bertz CT molecular complexity index is 510. The molecule has 1 amide bonds. The molecule has 0 spiro atoms. The molecule has 0 aromatic heterocycles. The van der Waals surface area contributed by atoms with E-state index in [1.807, 2.05) is 38.1 Å². The smallest absolute Gasteiger partial charge is 0.236 e. The molecule has 1 aromatic rings. The van der Waals surface area contributed by atoms with Gasteiger partial charge in [0.2, 0.25) is 5.91 Å². The number of benzene rings is 1. The second kappa shape index (κ2) is 7.45. The molecule has 0 fully saturated rings. The lowest BCUT2D eigenvalue weighted by Crippen LogP contribution is -2.49. The fraction of sp³-hybridized carbons (Fsp3) is 0.467. The van der Waals surface area contributed by atoms with Gasteiger partial charge in [0.1, 0.15) is 5.41 Å². The summed E-state index contributed by atoms with van der Waals surface area (Å²) >= 11 is 3.38. The predicted molar refractivity (Wildman–Crippen MR) is 87.0 cm³/mol. The van der Waals surface area contributed by atoms with E-state index >= 15 is 0 Å². The quantitative estimate of drug-likeness (QED) is 0.356. The Kier molecular flexibility index (Phi) is 6.20. The standard InChI is InChI=1S/C15H22BrN3O2/c1-4-15(5-2,13(17)18-21)14(20)19(3)10-11-6-8-12(16)9-7-11/h6-9,21H,4-5,10H2,1-3H3,(H2,17,18). The van der Waals surface area contributed by atoms with Crippen molar-refractivity contribution >= 4 is 27.7 Å². The molecular formula is C15H22BrN3O2. The number of nitrogens with zero attached hydrogens (tertiary/aromatic N) is 2. The van der Waals surface area contributed by atoms with Gasteiger partial charge in [-0.15, -0.1) is 0 Å². The molecule has 0 bridgehead atoms. The number of carbonyl (C=O) groups excluding carboxylic acids is 1. The molecule has 0 saturated heterocycles. The van der Waals surface area contributed by atoms with E-state index in [0.29, 0.717) is 19.4 Å². The summed E-state index contributed by atoms with van der Waals surface area (Å²) in [4.78, 5) is 14.4. The SMILES string of the molecule is CCC(CC)(C(=O)N(C)Cc1ccc(Br)cc1)C(N)=NO. The molecule has 0 radical (unpaired) electrons. The highest BCUT2D eigenvalue weighted by molar-refractivity contribution is 9.10. The molecular weight excluding hydrogens is 334 g/mol. The van der Waals surface area contributed by atoms with Gasteiger partial charge in [0.05, 0.1) is 0 Å². The Morgan fingerprint density at radius 1 is 1.33 bits per heavy atom. The number of nitrogens with two attached hydrogens (primary N) is 1. The first kappa shape index (κ1) is 17.5. The molecule has 0 unspecified atom stereocenters. The Balaban J connectivity index is 2.96. The van der Waals surface area contributed by atoms with Crippen LogP contribution in [0.3, 0.4) is 0 Å². The molecule has 5 nitrogen and oxygen atoms in total. The summed E-state index contributed by atoms with van der Waals surface area (Å²) in [5.74, 6) is -0.161. The zero-order chi connectivity index (χ0) is 16.0. The highest BCUT2D eigenvalue weighted by atomic mass is 79.9. The minimum atomic E-state index is -0.946. The second-order valence-corrected chi connectivity index (χ2v) is 5.98. The number of hydrogen-bond donors (Lipinski definition) is 2. The zero-order valence-electron chi connectivity index (χ0n) is 12.6. The van der Waals surface area contributed by atoms with E-state index in [0.717, 1.165) is 10.0 Å². The summed E-state index contributed by atoms with van der Waals surface area (Å²) in [6, 6.07) is 7.78. The van der Waals surface area contributed by atoms with E-state index in [4.69, 9.17) is 10.9 Å². The molecule has 3 N–H and O–H groups in total. The Labute approximate surface area is 133 Å². The van der Waals surface area contributed by atoms with Gasteiger partial charge in [0.25, 0.3) is 0 Å². The van der Waals surface area contributed by atoms with Gasteiger partial charge in [-0.05, 0) is 30.5 Å². The minimum absolute atomic E-state index is 0.0276. The van der Waals surface area contributed by atoms with Crippen LogP contribution in [0.25, 0.3) is 0 Å². The lowest BCUT2D eigenvalue weighted by molar-refractivity contribution is -0.138. The van der Waals surface area contributed by atoms with Gasteiger partial charge in [-0.2, -0.15) is 0 Å². The number of amidine groups is 1. The maximum atomic E-state index is 12.7. The number of hydrogen-bond acceptors (Lipinski definition) is 3. The number of halogens is 1. The zero-order valence-corrected chi connectivity index (χ0v) is 14.2. The molecule has 0 aliphatic heterocycles. The maximum absolute atomic E-state index is 12.7. The van der Waals surface area contributed by atoms with Crippen LogP contribution in [0.2, 0.25) is 0 Å². The van der Waals surface area contributed by atoms with E-state index in [-0.39, 0.29) is 11.7 Å². The van der Waals surface area contributed by atoms with E-state index in [1.165, 1.54) is 0 Å². The van der Waals surface area contributed by atoms with Crippen molar-refractivity contribution in [2.45, 2.75) is 33.2 Å². The van der Waals surface area contributed by atoms with Crippen LogP contribution in [0.15, 0.2) is 33.9 Å².